The number of hydrogen-bond acceptors (Lipinski definition) is 2. The van der Waals surface area contributed by atoms with Crippen LogP contribution in [0.2, 0.25) is 0 Å². The fraction of sp³-hybridized carbons (Fsp3) is 0.409. The number of benzene rings is 2. The third-order valence-corrected chi connectivity index (χ3v) is 5.45. The van der Waals surface area contributed by atoms with Gasteiger partial charge >= 0.3 is 0 Å². The first-order chi connectivity index (χ1) is 12.7. The summed E-state index contributed by atoms with van der Waals surface area (Å²) in [5, 5.41) is 4.07. The van der Waals surface area contributed by atoms with E-state index in [0.29, 0.717) is 0 Å². The summed E-state index contributed by atoms with van der Waals surface area (Å²) in [7, 11) is 2.04. The Kier molecular flexibility index (Phi) is 6.51. The van der Waals surface area contributed by atoms with Crippen LogP contribution in [0.25, 0.3) is 0 Å². The van der Waals surface area contributed by atoms with Gasteiger partial charge in [-0.15, -0.1) is 0 Å². The van der Waals surface area contributed by atoms with Gasteiger partial charge in [0.25, 0.3) is 0 Å². The van der Waals surface area contributed by atoms with E-state index in [0.717, 1.165) is 23.8 Å². The molecule has 3 rings (SSSR count). The molecule has 1 saturated heterocycles. The summed E-state index contributed by atoms with van der Waals surface area (Å²) in [6.07, 6.45) is 5.04. The average molecular weight is 368 g/mol. The molecule has 1 fully saturated rings. The fourth-order valence-corrected chi connectivity index (χ4v) is 3.54. The molecule has 1 heterocycles. The van der Waals surface area contributed by atoms with Crippen LogP contribution < -0.4 is 10.2 Å². The summed E-state index contributed by atoms with van der Waals surface area (Å²) in [6, 6.07) is 17.4. The molecule has 0 bridgehead atoms. The van der Waals surface area contributed by atoms with Gasteiger partial charge in [0.05, 0.1) is 0 Å². The second-order valence-electron chi connectivity index (χ2n) is 7.05. The standard InChI is InChI=1S/C22H29N3S/c1-3-18-7-11-20(12-8-18)23-22(26)24(2)17-19-9-13-21(14-10-19)25-15-5-4-6-16-25/h7-14H,3-6,15-17H2,1-2H3,(H,23,26). The van der Waals surface area contributed by atoms with Crippen LogP contribution >= 0.6 is 12.2 Å². The van der Waals surface area contributed by atoms with Gasteiger partial charge in [-0.05, 0) is 73.3 Å². The lowest BCUT2D eigenvalue weighted by Crippen LogP contribution is -2.31. The molecule has 0 spiro atoms. The zero-order valence-corrected chi connectivity index (χ0v) is 16.7. The van der Waals surface area contributed by atoms with Crippen LogP contribution in [-0.4, -0.2) is 30.1 Å². The van der Waals surface area contributed by atoms with Gasteiger partial charge < -0.3 is 15.1 Å². The zero-order chi connectivity index (χ0) is 18.4. The van der Waals surface area contributed by atoms with Crippen molar-refractivity contribution in [2.24, 2.45) is 0 Å². The van der Waals surface area contributed by atoms with E-state index in [9.17, 15) is 0 Å². The largest absolute Gasteiger partial charge is 0.372 e. The lowest BCUT2D eigenvalue weighted by molar-refractivity contribution is 0.508. The van der Waals surface area contributed by atoms with E-state index in [1.165, 1.54) is 49.2 Å². The molecule has 0 aromatic heterocycles. The van der Waals surface area contributed by atoms with Crippen LogP contribution in [0.5, 0.6) is 0 Å². The predicted octanol–water partition coefficient (Wildman–Crippen LogP) is 5.07. The summed E-state index contributed by atoms with van der Waals surface area (Å²) in [5.74, 6) is 0. The van der Waals surface area contributed by atoms with Crippen LogP contribution in [0.15, 0.2) is 48.5 Å². The summed E-state index contributed by atoms with van der Waals surface area (Å²) in [4.78, 5) is 4.57. The first kappa shape index (κ1) is 18.7. The first-order valence-electron chi connectivity index (χ1n) is 9.60. The van der Waals surface area contributed by atoms with Crippen LogP contribution in [-0.2, 0) is 13.0 Å². The minimum atomic E-state index is 0.745. The topological polar surface area (TPSA) is 18.5 Å². The second kappa shape index (κ2) is 9.04. The van der Waals surface area contributed by atoms with Gasteiger partial charge in [0, 0.05) is 38.1 Å². The molecule has 3 nitrogen and oxygen atoms in total. The van der Waals surface area contributed by atoms with Gasteiger partial charge in [-0.2, -0.15) is 0 Å². The molecule has 138 valence electrons. The van der Waals surface area contributed by atoms with Crippen molar-refractivity contribution in [3.05, 3.63) is 59.7 Å². The molecule has 1 aliphatic heterocycles. The molecular weight excluding hydrogens is 338 g/mol. The van der Waals surface area contributed by atoms with Crippen molar-refractivity contribution in [2.75, 3.05) is 30.4 Å². The van der Waals surface area contributed by atoms with Crippen molar-refractivity contribution in [1.82, 2.24) is 4.90 Å². The molecule has 0 radical (unpaired) electrons. The van der Waals surface area contributed by atoms with Crippen LogP contribution in [0.1, 0.15) is 37.3 Å². The van der Waals surface area contributed by atoms with Gasteiger partial charge in [-0.1, -0.05) is 31.2 Å². The highest BCUT2D eigenvalue weighted by Gasteiger charge is 2.11. The number of piperidine rings is 1. The predicted molar refractivity (Wildman–Crippen MR) is 116 cm³/mol. The number of rotatable bonds is 5. The number of anilines is 2. The van der Waals surface area contributed by atoms with Crippen molar-refractivity contribution < 1.29 is 0 Å². The van der Waals surface area contributed by atoms with Gasteiger partial charge in [0.15, 0.2) is 5.11 Å². The number of thiocarbonyl (C=S) groups is 1. The van der Waals surface area contributed by atoms with Gasteiger partial charge in [0.2, 0.25) is 0 Å². The van der Waals surface area contributed by atoms with E-state index < -0.39 is 0 Å². The van der Waals surface area contributed by atoms with E-state index in [-0.39, 0.29) is 0 Å². The minimum absolute atomic E-state index is 0.745. The Labute approximate surface area is 163 Å². The quantitative estimate of drug-likeness (QED) is 0.744. The molecular formula is C22H29N3S. The summed E-state index contributed by atoms with van der Waals surface area (Å²) < 4.78 is 0. The fourth-order valence-electron chi connectivity index (χ4n) is 3.35. The Morgan fingerprint density at radius 3 is 2.19 bits per heavy atom. The van der Waals surface area contributed by atoms with Crippen molar-refractivity contribution in [3.8, 4) is 0 Å². The van der Waals surface area contributed by atoms with Gasteiger partial charge in [-0.25, -0.2) is 0 Å². The summed E-state index contributed by atoms with van der Waals surface area (Å²) >= 11 is 5.55. The number of aryl methyl sites for hydroxylation is 1. The molecule has 0 atom stereocenters. The third-order valence-electron chi connectivity index (χ3n) is 5.04. The van der Waals surface area contributed by atoms with Crippen LogP contribution in [0.3, 0.4) is 0 Å². The maximum Gasteiger partial charge on any atom is 0.173 e. The Bertz CT molecular complexity index is 703. The lowest BCUT2D eigenvalue weighted by atomic mass is 10.1. The van der Waals surface area contributed by atoms with Crippen molar-refractivity contribution in [3.63, 3.8) is 0 Å². The number of nitrogens with one attached hydrogen (secondary N) is 1. The lowest BCUT2D eigenvalue weighted by Gasteiger charge is -2.29. The van der Waals surface area contributed by atoms with Gasteiger partial charge in [0.1, 0.15) is 0 Å². The Hall–Kier alpha value is -2.07. The normalized spacial score (nSPS) is 14.2. The SMILES string of the molecule is CCc1ccc(NC(=S)N(C)Cc2ccc(N3CCCCC3)cc2)cc1. The molecule has 0 aliphatic carbocycles. The van der Waals surface area contributed by atoms with E-state index in [1.54, 1.807) is 0 Å². The Balaban J connectivity index is 1.54. The smallest absolute Gasteiger partial charge is 0.173 e. The first-order valence-corrected chi connectivity index (χ1v) is 10.0. The highest BCUT2D eigenvalue weighted by Crippen LogP contribution is 2.20. The van der Waals surface area contributed by atoms with Crippen molar-refractivity contribution in [1.29, 1.82) is 0 Å². The highest BCUT2D eigenvalue weighted by molar-refractivity contribution is 7.80. The van der Waals surface area contributed by atoms with E-state index in [4.69, 9.17) is 12.2 Å². The van der Waals surface area contributed by atoms with E-state index >= 15 is 0 Å². The second-order valence-corrected chi connectivity index (χ2v) is 7.44. The Morgan fingerprint density at radius 1 is 0.962 bits per heavy atom. The van der Waals surface area contributed by atoms with Crippen LogP contribution in [0.4, 0.5) is 11.4 Å². The zero-order valence-electron chi connectivity index (χ0n) is 15.9. The molecule has 2 aromatic carbocycles. The monoisotopic (exact) mass is 367 g/mol. The van der Waals surface area contributed by atoms with Crippen LogP contribution in [0, 0.1) is 0 Å². The molecule has 0 saturated carbocycles. The number of nitrogens with zero attached hydrogens (tertiary/aromatic N) is 2. The number of hydrogen-bond donors (Lipinski definition) is 1. The molecule has 0 unspecified atom stereocenters. The summed E-state index contributed by atoms with van der Waals surface area (Å²) in [5.41, 5.74) is 5.00. The van der Waals surface area contributed by atoms with Gasteiger partial charge in [-0.3, -0.25) is 0 Å². The minimum Gasteiger partial charge on any atom is -0.372 e. The molecule has 0 amide bonds. The maximum atomic E-state index is 5.55. The van der Waals surface area contributed by atoms with Crippen molar-refractivity contribution in [2.45, 2.75) is 39.2 Å². The maximum absolute atomic E-state index is 5.55. The molecule has 2 aromatic rings. The molecule has 26 heavy (non-hydrogen) atoms. The third kappa shape index (κ3) is 4.98. The molecule has 1 aliphatic rings. The van der Waals surface area contributed by atoms with Crippen molar-refractivity contribution >= 4 is 28.7 Å². The molecule has 1 N–H and O–H groups in total. The molecule has 4 heteroatoms. The highest BCUT2D eigenvalue weighted by atomic mass is 32.1. The summed E-state index contributed by atoms with van der Waals surface area (Å²) in [6.45, 7) is 5.34. The van der Waals surface area contributed by atoms with E-state index in [1.807, 2.05) is 7.05 Å². The Morgan fingerprint density at radius 2 is 1.58 bits per heavy atom. The van der Waals surface area contributed by atoms with E-state index in [2.05, 4.69) is 70.6 Å². The average Bonchev–Trinajstić information content (AvgIpc) is 2.70.